The number of carboxylic acid groups (broad SMARTS) is 1. The zero-order valence-corrected chi connectivity index (χ0v) is 22.9. The Morgan fingerprint density at radius 2 is 1.78 bits per heavy atom. The van der Waals surface area contributed by atoms with Crippen LogP contribution in [0.25, 0.3) is 0 Å². The number of allylic oxidation sites excluding steroid dienone is 2. The number of rotatable bonds is 5. The van der Waals surface area contributed by atoms with Crippen molar-refractivity contribution in [2.45, 2.75) is 34.9 Å². The zero-order chi connectivity index (χ0) is 27.0. The Balaban J connectivity index is 1.69. The maximum Gasteiger partial charge on any atom is 0.305 e. The summed E-state index contributed by atoms with van der Waals surface area (Å²) in [7, 11) is 0. The average molecular weight is 635 g/mol. The van der Waals surface area contributed by atoms with Gasteiger partial charge < -0.3 is 10.2 Å². The molecule has 6 atom stereocenters. The molecule has 2 aliphatic heterocycles. The number of fused-ring (bicyclic) bond motifs is 4. The van der Waals surface area contributed by atoms with Gasteiger partial charge in [-0.1, -0.05) is 39.2 Å². The summed E-state index contributed by atoms with van der Waals surface area (Å²) in [5.74, 6) is -7.55. The van der Waals surface area contributed by atoms with Gasteiger partial charge in [0.1, 0.15) is 5.75 Å². The first kappa shape index (κ1) is 26.5. The third-order valence-electron chi connectivity index (χ3n) is 7.96. The van der Waals surface area contributed by atoms with Crippen molar-refractivity contribution in [3.05, 3.63) is 40.4 Å². The smallest absolute Gasteiger partial charge is 0.305 e. The zero-order valence-electron chi connectivity index (χ0n) is 19.0. The third kappa shape index (κ3) is 3.52. The van der Waals surface area contributed by atoms with E-state index in [1.807, 2.05) is 0 Å². The van der Waals surface area contributed by atoms with E-state index in [2.05, 4.69) is 15.9 Å². The third-order valence-corrected chi connectivity index (χ3v) is 10.1. The van der Waals surface area contributed by atoms with Gasteiger partial charge >= 0.3 is 5.97 Å². The molecule has 9 nitrogen and oxygen atoms in total. The predicted molar refractivity (Wildman–Crippen MR) is 135 cm³/mol. The summed E-state index contributed by atoms with van der Waals surface area (Å²) in [5, 5.41) is 20.1. The standard InChI is InChI=1S/C24H20BrCl3N2O7/c25-9-30-21(36)23(27)8-14-11(2-3-12-17(14)20(35)29(19(12)34)6-5-16(32)33)18(24(23,28)22(30)37)13-7-10(26)1-4-15(13)31/h1-2,4,7,12,14,17-18,31H,3,5-6,8-9H2,(H,32,33)/t12-,14+,17-,18+,23+,24-/m0/s1. The minimum absolute atomic E-state index is 0.134. The molecule has 2 saturated heterocycles. The molecule has 0 bridgehead atoms. The highest BCUT2D eigenvalue weighted by atomic mass is 79.9. The largest absolute Gasteiger partial charge is 0.508 e. The average Bonchev–Trinajstić information content (AvgIpc) is 3.17. The second kappa shape index (κ2) is 8.97. The molecule has 37 heavy (non-hydrogen) atoms. The topological polar surface area (TPSA) is 132 Å². The highest BCUT2D eigenvalue weighted by Crippen LogP contribution is 2.66. The number of aliphatic carboxylic acids is 1. The first-order valence-corrected chi connectivity index (χ1v) is 13.7. The van der Waals surface area contributed by atoms with Gasteiger partial charge in [0.15, 0.2) is 9.75 Å². The van der Waals surface area contributed by atoms with Gasteiger partial charge in [0.25, 0.3) is 11.8 Å². The van der Waals surface area contributed by atoms with Gasteiger partial charge in [0, 0.05) is 23.0 Å². The van der Waals surface area contributed by atoms with E-state index >= 15 is 0 Å². The molecule has 2 aliphatic carbocycles. The van der Waals surface area contributed by atoms with Crippen molar-refractivity contribution in [1.82, 2.24) is 9.80 Å². The van der Waals surface area contributed by atoms with Crippen molar-refractivity contribution in [3.8, 4) is 5.75 Å². The van der Waals surface area contributed by atoms with Crippen molar-refractivity contribution < 1.29 is 34.2 Å². The Kier molecular flexibility index (Phi) is 6.41. The number of nitrogens with zero attached hydrogens (tertiary/aromatic N) is 2. The van der Waals surface area contributed by atoms with Gasteiger partial charge in [-0.3, -0.25) is 33.8 Å². The number of hydrogen-bond donors (Lipinski definition) is 2. The van der Waals surface area contributed by atoms with Crippen LogP contribution in [-0.4, -0.2) is 71.4 Å². The van der Waals surface area contributed by atoms with Crippen molar-refractivity contribution in [2.24, 2.45) is 17.8 Å². The Labute approximate surface area is 234 Å². The Bertz CT molecular complexity index is 1300. The quantitative estimate of drug-likeness (QED) is 0.220. The monoisotopic (exact) mass is 632 g/mol. The number of carboxylic acids is 1. The highest BCUT2D eigenvalue weighted by molar-refractivity contribution is 9.09. The molecule has 0 aromatic heterocycles. The molecule has 3 fully saturated rings. The molecule has 0 radical (unpaired) electrons. The van der Waals surface area contributed by atoms with Crippen LogP contribution in [0.3, 0.4) is 0 Å². The second-order valence-corrected chi connectivity index (χ2v) is 11.8. The number of alkyl halides is 3. The van der Waals surface area contributed by atoms with E-state index in [1.54, 1.807) is 6.08 Å². The number of imide groups is 2. The fraction of sp³-hybridized carbons (Fsp3) is 0.458. The molecule has 13 heteroatoms. The predicted octanol–water partition coefficient (Wildman–Crippen LogP) is 3.23. The summed E-state index contributed by atoms with van der Waals surface area (Å²) in [5.41, 5.74) is 0.501. The van der Waals surface area contributed by atoms with Crippen LogP contribution < -0.4 is 0 Å². The number of amides is 4. The molecular weight excluding hydrogens is 615 g/mol. The molecule has 5 rings (SSSR count). The number of carbonyl (C=O) groups is 5. The van der Waals surface area contributed by atoms with Crippen LogP contribution in [0.15, 0.2) is 29.8 Å². The van der Waals surface area contributed by atoms with E-state index in [-0.39, 0.29) is 41.2 Å². The van der Waals surface area contributed by atoms with E-state index in [4.69, 9.17) is 39.9 Å². The van der Waals surface area contributed by atoms with Crippen LogP contribution in [0.4, 0.5) is 0 Å². The number of likely N-dealkylation sites (tertiary alicyclic amines) is 2. The molecule has 1 aromatic rings. The lowest BCUT2D eigenvalue weighted by Crippen LogP contribution is -2.60. The molecule has 0 spiro atoms. The van der Waals surface area contributed by atoms with Crippen LogP contribution in [0, 0.1) is 17.8 Å². The van der Waals surface area contributed by atoms with Gasteiger partial charge in [-0.05, 0) is 37.0 Å². The summed E-state index contributed by atoms with van der Waals surface area (Å²) >= 11 is 23.5. The number of aromatic hydroxyl groups is 1. The Hall–Kier alpha value is -2.14. The van der Waals surface area contributed by atoms with Gasteiger partial charge in [0.05, 0.1) is 23.7 Å². The van der Waals surface area contributed by atoms with Crippen LogP contribution in [0.1, 0.15) is 30.7 Å². The van der Waals surface area contributed by atoms with Crippen LogP contribution >= 0.6 is 50.7 Å². The number of phenolic OH excluding ortho intramolecular Hbond substituents is 1. The van der Waals surface area contributed by atoms with Crippen molar-refractivity contribution >= 4 is 80.3 Å². The van der Waals surface area contributed by atoms with Gasteiger partial charge in [-0.25, -0.2) is 0 Å². The lowest BCUT2D eigenvalue weighted by Gasteiger charge is -2.50. The molecule has 2 heterocycles. The molecule has 2 N–H and O–H groups in total. The fourth-order valence-electron chi connectivity index (χ4n) is 6.35. The van der Waals surface area contributed by atoms with E-state index < -0.39 is 69.4 Å². The first-order chi connectivity index (χ1) is 17.4. The molecule has 4 amide bonds. The molecular formula is C24H20BrCl3N2O7. The van der Waals surface area contributed by atoms with Gasteiger partial charge in [0.2, 0.25) is 11.8 Å². The number of carbonyl (C=O) groups excluding carboxylic acids is 4. The first-order valence-electron chi connectivity index (χ1n) is 11.4. The highest BCUT2D eigenvalue weighted by Gasteiger charge is 2.76. The molecule has 1 saturated carbocycles. The van der Waals surface area contributed by atoms with E-state index in [1.165, 1.54) is 18.2 Å². The van der Waals surface area contributed by atoms with Crippen LogP contribution in [0.2, 0.25) is 5.02 Å². The SMILES string of the molecule is O=C(O)CCN1C(=O)[C@H]2[C@H](CC=C3[C@H]2C[C@@]2(Cl)C(=O)N(CBr)C(=O)[C@@]2(Cl)[C@H]3c2cc(Cl)ccc2O)C1=O. The number of phenols is 1. The summed E-state index contributed by atoms with van der Waals surface area (Å²) in [6.07, 6.45) is 1.24. The van der Waals surface area contributed by atoms with Crippen LogP contribution in [0.5, 0.6) is 5.75 Å². The molecule has 0 unspecified atom stereocenters. The molecule has 1 aromatic carbocycles. The fourth-order valence-corrected chi connectivity index (χ4v) is 7.95. The molecule has 196 valence electrons. The lowest BCUT2D eigenvalue weighted by molar-refractivity contribution is -0.143. The number of hydrogen-bond acceptors (Lipinski definition) is 6. The minimum atomic E-state index is -2.05. The lowest BCUT2D eigenvalue weighted by atomic mass is 9.56. The minimum Gasteiger partial charge on any atom is -0.508 e. The van der Waals surface area contributed by atoms with Crippen LogP contribution in [-0.2, 0) is 24.0 Å². The number of halogens is 4. The van der Waals surface area contributed by atoms with Crippen molar-refractivity contribution in [1.29, 1.82) is 0 Å². The second-order valence-electron chi connectivity index (χ2n) is 9.66. The van der Waals surface area contributed by atoms with E-state index in [0.29, 0.717) is 5.57 Å². The summed E-state index contributed by atoms with van der Waals surface area (Å²) in [4.78, 5) is 62.6. The summed E-state index contributed by atoms with van der Waals surface area (Å²) in [6, 6.07) is 4.23. The van der Waals surface area contributed by atoms with Gasteiger partial charge in [-0.15, -0.1) is 23.2 Å². The Morgan fingerprint density at radius 1 is 1.08 bits per heavy atom. The maximum atomic E-state index is 13.6. The van der Waals surface area contributed by atoms with Gasteiger partial charge in [-0.2, -0.15) is 0 Å². The van der Waals surface area contributed by atoms with E-state index in [0.717, 1.165) is 9.80 Å². The summed E-state index contributed by atoms with van der Waals surface area (Å²) < 4.78 is 0. The molecule has 4 aliphatic rings. The Morgan fingerprint density at radius 3 is 2.43 bits per heavy atom. The summed E-state index contributed by atoms with van der Waals surface area (Å²) in [6.45, 7) is -0.277. The van der Waals surface area contributed by atoms with E-state index in [9.17, 15) is 29.1 Å². The van der Waals surface area contributed by atoms with Crippen molar-refractivity contribution in [2.75, 3.05) is 12.0 Å². The van der Waals surface area contributed by atoms with Crippen molar-refractivity contribution in [3.63, 3.8) is 0 Å². The number of benzene rings is 1. The normalized spacial score (nSPS) is 34.9. The maximum absolute atomic E-state index is 13.6.